The summed E-state index contributed by atoms with van der Waals surface area (Å²) in [6.45, 7) is 4.91. The first-order valence-electron chi connectivity index (χ1n) is 6.33. The van der Waals surface area contributed by atoms with Gasteiger partial charge in [-0.05, 0) is 24.1 Å². The van der Waals surface area contributed by atoms with E-state index >= 15 is 0 Å². The van der Waals surface area contributed by atoms with Gasteiger partial charge in [0, 0.05) is 11.4 Å². The summed E-state index contributed by atoms with van der Waals surface area (Å²) in [5.74, 6) is -2.05. The average molecular weight is 357 g/mol. The Hall–Kier alpha value is -1.89. The van der Waals surface area contributed by atoms with Crippen LogP contribution in [0.4, 0.5) is 5.69 Å². The van der Waals surface area contributed by atoms with Crippen LogP contribution in [-0.2, 0) is 9.59 Å². The van der Waals surface area contributed by atoms with Gasteiger partial charge in [-0.2, -0.15) is 0 Å². The van der Waals surface area contributed by atoms with Crippen LogP contribution >= 0.6 is 15.9 Å². The summed E-state index contributed by atoms with van der Waals surface area (Å²) in [6, 6.07) is 3.74. The zero-order valence-corrected chi connectivity index (χ0v) is 13.5. The molecule has 1 unspecified atom stereocenters. The molecule has 0 spiro atoms. The van der Waals surface area contributed by atoms with Gasteiger partial charge in [0.05, 0.1) is 11.3 Å². The Morgan fingerprint density at radius 1 is 1.24 bits per heavy atom. The molecule has 0 radical (unpaired) electrons. The fraction of sp³-hybridized carbons (Fsp3) is 0.357. The summed E-state index contributed by atoms with van der Waals surface area (Å²) in [5, 5.41) is 14.2. The van der Waals surface area contributed by atoms with Crippen LogP contribution in [-0.4, -0.2) is 28.9 Å². The van der Waals surface area contributed by atoms with Crippen molar-refractivity contribution in [3.8, 4) is 0 Å². The summed E-state index contributed by atoms with van der Waals surface area (Å²) in [4.78, 5) is 34.6. The number of hydrogen-bond acceptors (Lipinski definition) is 3. The molecule has 1 aromatic rings. The molecule has 1 rings (SSSR count). The maximum atomic E-state index is 12.2. The number of hydrogen-bond donors (Lipinski definition) is 3. The summed E-state index contributed by atoms with van der Waals surface area (Å²) >= 11 is 3.23. The highest BCUT2D eigenvalue weighted by Crippen LogP contribution is 2.22. The van der Waals surface area contributed by atoms with Crippen molar-refractivity contribution in [3.05, 3.63) is 28.2 Å². The third kappa shape index (κ3) is 4.86. The molecule has 6 nitrogen and oxygen atoms in total. The van der Waals surface area contributed by atoms with E-state index in [1.54, 1.807) is 19.9 Å². The fourth-order valence-corrected chi connectivity index (χ4v) is 2.13. The topological polar surface area (TPSA) is 95.5 Å². The lowest BCUT2D eigenvalue weighted by Gasteiger charge is -2.21. The van der Waals surface area contributed by atoms with Crippen molar-refractivity contribution in [1.82, 2.24) is 5.32 Å². The van der Waals surface area contributed by atoms with Crippen LogP contribution in [0.5, 0.6) is 0 Å². The molecule has 0 aliphatic rings. The lowest BCUT2D eigenvalue weighted by atomic mass is 10.0. The molecule has 21 heavy (non-hydrogen) atoms. The minimum absolute atomic E-state index is 0.0168. The molecule has 0 heterocycles. The van der Waals surface area contributed by atoms with E-state index in [2.05, 4.69) is 26.6 Å². The number of anilines is 1. The van der Waals surface area contributed by atoms with Gasteiger partial charge in [-0.3, -0.25) is 9.59 Å². The highest BCUT2D eigenvalue weighted by molar-refractivity contribution is 9.10. The van der Waals surface area contributed by atoms with Gasteiger partial charge in [0.15, 0.2) is 0 Å². The van der Waals surface area contributed by atoms with Gasteiger partial charge in [0.1, 0.15) is 6.04 Å². The van der Waals surface area contributed by atoms with Gasteiger partial charge in [-0.1, -0.05) is 29.8 Å². The van der Waals surface area contributed by atoms with E-state index in [9.17, 15) is 14.4 Å². The van der Waals surface area contributed by atoms with E-state index in [0.29, 0.717) is 4.47 Å². The van der Waals surface area contributed by atoms with Crippen LogP contribution in [0.1, 0.15) is 31.1 Å². The van der Waals surface area contributed by atoms with E-state index in [1.165, 1.54) is 19.1 Å². The summed E-state index contributed by atoms with van der Waals surface area (Å²) in [6.07, 6.45) is 0. The lowest BCUT2D eigenvalue weighted by Crippen LogP contribution is -2.46. The third-order valence-corrected chi connectivity index (χ3v) is 3.27. The second kappa shape index (κ2) is 7.21. The second-order valence-corrected chi connectivity index (χ2v) is 5.82. The predicted octanol–water partition coefficient (Wildman–Crippen LogP) is 2.25. The van der Waals surface area contributed by atoms with Crippen molar-refractivity contribution in [3.63, 3.8) is 0 Å². The van der Waals surface area contributed by atoms with Gasteiger partial charge in [0.2, 0.25) is 11.8 Å². The number of halogens is 1. The van der Waals surface area contributed by atoms with Crippen LogP contribution in [0.15, 0.2) is 22.7 Å². The van der Waals surface area contributed by atoms with E-state index in [0.717, 1.165) is 0 Å². The van der Waals surface area contributed by atoms with Gasteiger partial charge in [-0.15, -0.1) is 0 Å². The summed E-state index contributed by atoms with van der Waals surface area (Å²) < 4.78 is 0.642. The average Bonchev–Trinajstić information content (AvgIpc) is 2.34. The second-order valence-electron chi connectivity index (χ2n) is 4.91. The number of carboxylic acids is 1. The number of carbonyl (C=O) groups is 3. The zero-order chi connectivity index (χ0) is 16.2. The van der Waals surface area contributed by atoms with Crippen molar-refractivity contribution < 1.29 is 19.5 Å². The monoisotopic (exact) mass is 356 g/mol. The molecule has 0 fully saturated rings. The van der Waals surface area contributed by atoms with Crippen LogP contribution in [0.25, 0.3) is 0 Å². The number of benzene rings is 1. The number of aromatic carboxylic acids is 1. The number of rotatable bonds is 5. The Morgan fingerprint density at radius 3 is 2.33 bits per heavy atom. The lowest BCUT2D eigenvalue weighted by molar-refractivity contribution is -0.126. The first kappa shape index (κ1) is 17.2. The molecule has 2 amide bonds. The van der Waals surface area contributed by atoms with Crippen molar-refractivity contribution >= 4 is 39.4 Å². The van der Waals surface area contributed by atoms with Crippen LogP contribution in [0.3, 0.4) is 0 Å². The van der Waals surface area contributed by atoms with Crippen LogP contribution in [0.2, 0.25) is 0 Å². The molecule has 114 valence electrons. The van der Waals surface area contributed by atoms with Gasteiger partial charge in [-0.25, -0.2) is 4.79 Å². The fourth-order valence-electron chi connectivity index (χ4n) is 1.77. The molecule has 1 atom stereocenters. The molecule has 3 N–H and O–H groups in total. The number of carboxylic acid groups (broad SMARTS) is 1. The third-order valence-electron chi connectivity index (χ3n) is 2.78. The first-order valence-corrected chi connectivity index (χ1v) is 7.12. The van der Waals surface area contributed by atoms with Crippen LogP contribution in [0, 0.1) is 5.92 Å². The molecule has 0 saturated heterocycles. The standard InChI is InChI=1S/C14H17BrN2O4/c1-7(2)12(16-8(3)18)13(19)17-11-6-9(15)4-5-10(11)14(20)21/h4-7,12H,1-3H3,(H,16,18)(H,17,19)(H,20,21). The normalized spacial score (nSPS) is 11.9. The highest BCUT2D eigenvalue weighted by Gasteiger charge is 2.24. The Balaban J connectivity index is 3.03. The predicted molar refractivity (Wildman–Crippen MR) is 82.2 cm³/mol. The van der Waals surface area contributed by atoms with E-state index in [1.807, 2.05) is 0 Å². The molecule has 7 heteroatoms. The molecule has 1 aromatic carbocycles. The largest absolute Gasteiger partial charge is 0.478 e. The molecule has 0 bridgehead atoms. The van der Waals surface area contributed by atoms with Gasteiger partial charge < -0.3 is 15.7 Å². The maximum Gasteiger partial charge on any atom is 0.337 e. The smallest absolute Gasteiger partial charge is 0.337 e. The Bertz CT molecular complexity index is 572. The Kier molecular flexibility index (Phi) is 5.90. The number of carbonyl (C=O) groups excluding carboxylic acids is 2. The Labute approximate surface area is 131 Å². The number of nitrogens with one attached hydrogen (secondary N) is 2. The molecule has 0 aliphatic carbocycles. The minimum atomic E-state index is -1.14. The molecular weight excluding hydrogens is 340 g/mol. The van der Waals surface area contributed by atoms with E-state index < -0.39 is 17.9 Å². The maximum absolute atomic E-state index is 12.2. The van der Waals surface area contributed by atoms with Crippen molar-refractivity contribution in [2.45, 2.75) is 26.8 Å². The van der Waals surface area contributed by atoms with Crippen molar-refractivity contribution in [2.24, 2.45) is 5.92 Å². The number of amides is 2. The zero-order valence-electron chi connectivity index (χ0n) is 11.9. The summed E-state index contributed by atoms with van der Waals surface area (Å²) in [7, 11) is 0. The molecule has 0 aromatic heterocycles. The van der Waals surface area contributed by atoms with Crippen LogP contribution < -0.4 is 10.6 Å². The van der Waals surface area contributed by atoms with Crippen molar-refractivity contribution in [1.29, 1.82) is 0 Å². The minimum Gasteiger partial charge on any atom is -0.478 e. The van der Waals surface area contributed by atoms with Crippen molar-refractivity contribution in [2.75, 3.05) is 5.32 Å². The SMILES string of the molecule is CC(=O)NC(C(=O)Nc1cc(Br)ccc1C(=O)O)C(C)C. The summed E-state index contributed by atoms with van der Waals surface area (Å²) in [5.41, 5.74) is 0.162. The molecular formula is C14H17BrN2O4. The highest BCUT2D eigenvalue weighted by atomic mass is 79.9. The van der Waals surface area contributed by atoms with Gasteiger partial charge in [0.25, 0.3) is 0 Å². The van der Waals surface area contributed by atoms with E-state index in [4.69, 9.17) is 5.11 Å². The quantitative estimate of drug-likeness (QED) is 0.753. The molecule has 0 saturated carbocycles. The van der Waals surface area contributed by atoms with Gasteiger partial charge >= 0.3 is 5.97 Å². The van der Waals surface area contributed by atoms with E-state index in [-0.39, 0.29) is 23.1 Å². The Morgan fingerprint density at radius 2 is 1.86 bits per heavy atom. The first-order chi connectivity index (χ1) is 9.72. The molecule has 0 aliphatic heterocycles.